The second kappa shape index (κ2) is 9.94. The van der Waals surface area contributed by atoms with E-state index in [0.29, 0.717) is 33.4 Å². The zero-order chi connectivity index (χ0) is 26.9. The highest BCUT2D eigenvalue weighted by molar-refractivity contribution is 6.08. The standard InChI is InChI=1S/C26H25F3N6O2/c1-14(2)24(36)34-18-10-8-16(9-11-18)21-19(20-22(30)32-13-33-23(20)35(21)3)15-4-6-17(7-5-15)25(37)31-12-26(27,28)29/h4-11,13,24,34,36H,1,12H2,2-3H3,(H,31,37)(H2,30,32,33). The lowest BCUT2D eigenvalue weighted by Crippen LogP contribution is -2.33. The third kappa shape index (κ3) is 5.41. The zero-order valence-electron chi connectivity index (χ0n) is 20.1. The molecule has 1 unspecified atom stereocenters. The first-order valence-corrected chi connectivity index (χ1v) is 11.2. The second-order valence-electron chi connectivity index (χ2n) is 8.59. The van der Waals surface area contributed by atoms with Crippen molar-refractivity contribution in [2.24, 2.45) is 7.05 Å². The van der Waals surface area contributed by atoms with Crippen LogP contribution in [0.1, 0.15) is 17.3 Å². The van der Waals surface area contributed by atoms with Crippen LogP contribution in [0, 0.1) is 0 Å². The van der Waals surface area contributed by atoms with Gasteiger partial charge in [-0.2, -0.15) is 13.2 Å². The molecule has 0 aliphatic carbocycles. The number of hydrogen-bond acceptors (Lipinski definition) is 6. The van der Waals surface area contributed by atoms with Crippen LogP contribution >= 0.6 is 0 Å². The number of nitrogen functional groups attached to an aromatic ring is 1. The number of aliphatic hydroxyl groups excluding tert-OH is 1. The molecule has 0 spiro atoms. The van der Waals surface area contributed by atoms with Gasteiger partial charge in [-0.1, -0.05) is 30.8 Å². The number of rotatable bonds is 7. The first-order chi connectivity index (χ1) is 17.5. The molecule has 0 aliphatic heterocycles. The molecular weight excluding hydrogens is 485 g/mol. The van der Waals surface area contributed by atoms with Gasteiger partial charge in [0.2, 0.25) is 0 Å². The number of nitrogens with zero attached hydrogens (tertiary/aromatic N) is 3. The maximum absolute atomic E-state index is 12.5. The summed E-state index contributed by atoms with van der Waals surface area (Å²) < 4.78 is 39.3. The Morgan fingerprint density at radius 1 is 1.11 bits per heavy atom. The molecule has 0 fully saturated rings. The third-order valence-corrected chi connectivity index (χ3v) is 5.81. The van der Waals surface area contributed by atoms with Gasteiger partial charge in [-0.05, 0) is 47.9 Å². The van der Waals surface area contributed by atoms with Gasteiger partial charge in [0.1, 0.15) is 30.6 Å². The van der Waals surface area contributed by atoms with Crippen molar-refractivity contribution in [3.05, 3.63) is 72.6 Å². The molecule has 5 N–H and O–H groups in total. The van der Waals surface area contributed by atoms with Gasteiger partial charge >= 0.3 is 6.18 Å². The van der Waals surface area contributed by atoms with E-state index in [1.165, 1.54) is 18.5 Å². The molecule has 2 aromatic heterocycles. The smallest absolute Gasteiger partial charge is 0.383 e. The lowest BCUT2D eigenvalue weighted by molar-refractivity contribution is -0.123. The Hall–Kier alpha value is -4.38. The Morgan fingerprint density at radius 3 is 2.32 bits per heavy atom. The van der Waals surface area contributed by atoms with Crippen LogP contribution in [0.3, 0.4) is 0 Å². The minimum absolute atomic E-state index is 0.0884. The maximum Gasteiger partial charge on any atom is 0.405 e. The molecule has 1 atom stereocenters. The first-order valence-electron chi connectivity index (χ1n) is 11.2. The number of nitrogens with one attached hydrogen (secondary N) is 2. The van der Waals surface area contributed by atoms with E-state index in [-0.39, 0.29) is 11.4 Å². The number of nitrogens with two attached hydrogens (primary N) is 1. The van der Waals surface area contributed by atoms with E-state index in [0.717, 1.165) is 11.3 Å². The quantitative estimate of drug-likeness (QED) is 0.215. The monoisotopic (exact) mass is 510 g/mol. The van der Waals surface area contributed by atoms with Gasteiger partial charge in [-0.3, -0.25) is 4.79 Å². The van der Waals surface area contributed by atoms with E-state index in [4.69, 9.17) is 5.73 Å². The van der Waals surface area contributed by atoms with Gasteiger partial charge in [0.25, 0.3) is 5.91 Å². The molecule has 11 heteroatoms. The highest BCUT2D eigenvalue weighted by Crippen LogP contribution is 2.41. The lowest BCUT2D eigenvalue weighted by atomic mass is 9.97. The number of amides is 1. The van der Waals surface area contributed by atoms with Crippen molar-refractivity contribution in [3.8, 4) is 22.4 Å². The number of carbonyl (C=O) groups excluding carboxylic acids is 1. The number of benzene rings is 2. The number of alkyl halides is 3. The van der Waals surface area contributed by atoms with Crippen LogP contribution in [-0.2, 0) is 7.05 Å². The number of fused-ring (bicyclic) bond motifs is 1. The van der Waals surface area contributed by atoms with Gasteiger partial charge in [-0.15, -0.1) is 0 Å². The molecule has 0 saturated heterocycles. The molecule has 0 bridgehead atoms. The first kappa shape index (κ1) is 25.7. The van der Waals surface area contributed by atoms with E-state index in [9.17, 15) is 23.1 Å². The van der Waals surface area contributed by atoms with Crippen LogP contribution in [0.2, 0.25) is 0 Å². The molecule has 37 heavy (non-hydrogen) atoms. The van der Waals surface area contributed by atoms with Crippen molar-refractivity contribution in [2.75, 3.05) is 17.6 Å². The predicted molar refractivity (Wildman–Crippen MR) is 137 cm³/mol. The molecular formula is C26H25F3N6O2. The number of carbonyl (C=O) groups is 1. The second-order valence-corrected chi connectivity index (χ2v) is 8.59. The van der Waals surface area contributed by atoms with Gasteiger partial charge in [-0.25, -0.2) is 9.97 Å². The summed E-state index contributed by atoms with van der Waals surface area (Å²) in [5, 5.41) is 15.5. The number of anilines is 2. The largest absolute Gasteiger partial charge is 0.405 e. The minimum atomic E-state index is -4.50. The fraction of sp³-hybridized carbons (Fsp3) is 0.192. The summed E-state index contributed by atoms with van der Waals surface area (Å²) in [6, 6.07) is 13.6. The summed E-state index contributed by atoms with van der Waals surface area (Å²) in [6.45, 7) is 4.03. The van der Waals surface area contributed by atoms with Gasteiger partial charge in [0.15, 0.2) is 0 Å². The Bertz CT molecular complexity index is 1460. The van der Waals surface area contributed by atoms with Gasteiger partial charge in [0, 0.05) is 23.9 Å². The summed E-state index contributed by atoms with van der Waals surface area (Å²) in [6.07, 6.45) is -4.02. The zero-order valence-corrected chi connectivity index (χ0v) is 20.1. The normalized spacial score (nSPS) is 12.4. The number of aromatic nitrogens is 3. The van der Waals surface area contributed by atoms with Crippen LogP contribution in [0.25, 0.3) is 33.4 Å². The molecule has 4 rings (SSSR count). The van der Waals surface area contributed by atoms with E-state index < -0.39 is 24.9 Å². The van der Waals surface area contributed by atoms with Crippen molar-refractivity contribution in [1.82, 2.24) is 19.9 Å². The average molecular weight is 511 g/mol. The van der Waals surface area contributed by atoms with Crippen molar-refractivity contribution >= 4 is 28.4 Å². The van der Waals surface area contributed by atoms with Crippen LogP contribution < -0.4 is 16.4 Å². The SMILES string of the molecule is C=C(C)C(O)Nc1ccc(-c2c(-c3ccc(C(=O)NCC(F)(F)F)cc3)c3c(N)ncnc3n2C)cc1. The molecule has 4 aromatic rings. The number of hydrogen-bond donors (Lipinski definition) is 4. The van der Waals surface area contributed by atoms with Crippen molar-refractivity contribution in [2.45, 2.75) is 19.3 Å². The fourth-order valence-electron chi connectivity index (χ4n) is 3.97. The third-order valence-electron chi connectivity index (χ3n) is 5.81. The van der Waals surface area contributed by atoms with E-state index in [2.05, 4.69) is 21.9 Å². The van der Waals surface area contributed by atoms with Crippen LogP contribution in [0.4, 0.5) is 24.7 Å². The van der Waals surface area contributed by atoms with Crippen molar-refractivity contribution in [1.29, 1.82) is 0 Å². The topological polar surface area (TPSA) is 118 Å². The van der Waals surface area contributed by atoms with Crippen LogP contribution in [-0.4, -0.2) is 44.5 Å². The van der Waals surface area contributed by atoms with Gasteiger partial charge in [0.05, 0.1) is 11.1 Å². The molecule has 1 amide bonds. The molecule has 0 saturated carbocycles. The highest BCUT2D eigenvalue weighted by Gasteiger charge is 2.28. The summed E-state index contributed by atoms with van der Waals surface area (Å²) in [4.78, 5) is 20.7. The predicted octanol–water partition coefficient (Wildman–Crippen LogP) is 4.48. The Balaban J connectivity index is 1.77. The van der Waals surface area contributed by atoms with E-state index >= 15 is 0 Å². The summed E-state index contributed by atoms with van der Waals surface area (Å²) in [5.74, 6) is -0.568. The number of aliphatic hydroxyl groups is 1. The Kier molecular flexibility index (Phi) is 6.90. The molecule has 2 heterocycles. The summed E-state index contributed by atoms with van der Waals surface area (Å²) in [5.41, 5.74) is 11.1. The molecule has 2 aromatic carbocycles. The fourth-order valence-corrected chi connectivity index (χ4v) is 3.97. The summed E-state index contributed by atoms with van der Waals surface area (Å²) in [7, 11) is 1.84. The number of aryl methyl sites for hydroxylation is 1. The van der Waals surface area contributed by atoms with E-state index in [1.54, 1.807) is 19.1 Å². The van der Waals surface area contributed by atoms with E-state index in [1.807, 2.05) is 41.2 Å². The minimum Gasteiger partial charge on any atom is -0.383 e. The molecule has 8 nitrogen and oxygen atoms in total. The van der Waals surface area contributed by atoms with Crippen molar-refractivity contribution in [3.63, 3.8) is 0 Å². The molecule has 0 radical (unpaired) electrons. The Morgan fingerprint density at radius 2 is 1.73 bits per heavy atom. The lowest BCUT2D eigenvalue weighted by Gasteiger charge is -2.15. The van der Waals surface area contributed by atoms with Crippen LogP contribution in [0.5, 0.6) is 0 Å². The number of halogens is 3. The summed E-state index contributed by atoms with van der Waals surface area (Å²) >= 11 is 0. The van der Waals surface area contributed by atoms with Crippen LogP contribution in [0.15, 0.2) is 67.0 Å². The van der Waals surface area contributed by atoms with Gasteiger partial charge < -0.3 is 26.0 Å². The highest BCUT2D eigenvalue weighted by atomic mass is 19.4. The Labute approximate surface area is 210 Å². The average Bonchev–Trinajstić information content (AvgIpc) is 3.16. The van der Waals surface area contributed by atoms with Crippen molar-refractivity contribution < 1.29 is 23.1 Å². The molecule has 192 valence electrons. The maximum atomic E-state index is 12.5. The molecule has 0 aliphatic rings.